The monoisotopic (exact) mass is 593 g/mol. The molecule has 4 aromatic rings. The van der Waals surface area contributed by atoms with E-state index in [1.807, 2.05) is 41.8 Å². The molecule has 2 aromatic heterocycles. The molecule has 0 aliphatic carbocycles. The van der Waals surface area contributed by atoms with Crippen molar-refractivity contribution in [2.45, 2.75) is 57.1 Å². The van der Waals surface area contributed by atoms with Crippen molar-refractivity contribution in [2.24, 2.45) is 0 Å². The number of hydrogen-bond donors (Lipinski definition) is 6. The van der Waals surface area contributed by atoms with E-state index in [1.165, 1.54) is 29.9 Å². The summed E-state index contributed by atoms with van der Waals surface area (Å²) >= 11 is 1.51. The van der Waals surface area contributed by atoms with Crippen LogP contribution in [0.15, 0.2) is 70.8 Å². The summed E-state index contributed by atoms with van der Waals surface area (Å²) in [4.78, 5) is 26.4. The van der Waals surface area contributed by atoms with Gasteiger partial charge in [-0.3, -0.25) is 4.79 Å². The van der Waals surface area contributed by atoms with Crippen molar-refractivity contribution in [2.75, 3.05) is 19.7 Å². The zero-order valence-corrected chi connectivity index (χ0v) is 24.4. The third-order valence-corrected chi connectivity index (χ3v) is 8.09. The summed E-state index contributed by atoms with van der Waals surface area (Å²) in [6, 6.07) is 17.2. The first-order valence-electron chi connectivity index (χ1n) is 14.4. The molecule has 4 rings (SSSR count). The van der Waals surface area contributed by atoms with Crippen LogP contribution in [0.25, 0.3) is 10.9 Å². The number of ether oxygens (including phenoxy) is 1. The molecule has 2 heterocycles. The fraction of sp³-hybridized carbons (Fsp3) is 0.375. The van der Waals surface area contributed by atoms with Crippen LogP contribution in [-0.2, 0) is 0 Å². The Hall–Kier alpha value is -3.86. The molecule has 0 radical (unpaired) electrons. The first-order valence-corrected chi connectivity index (χ1v) is 15.3. The Kier molecular flexibility index (Phi) is 11.8. The second-order valence-electron chi connectivity index (χ2n) is 10.3. The van der Waals surface area contributed by atoms with Crippen LogP contribution >= 0.6 is 11.3 Å². The highest BCUT2D eigenvalue weighted by atomic mass is 32.1. The Labute approximate surface area is 249 Å². The molecule has 2 aromatic carbocycles. The summed E-state index contributed by atoms with van der Waals surface area (Å²) in [7, 11) is 0. The number of aliphatic hydroxyl groups is 1. The highest BCUT2D eigenvalue weighted by molar-refractivity contribution is 7.10. The molecule has 0 aliphatic rings. The average molecular weight is 594 g/mol. The van der Waals surface area contributed by atoms with Gasteiger partial charge in [0, 0.05) is 22.9 Å². The molecule has 0 bridgehead atoms. The number of aromatic amines is 1. The fourth-order valence-corrected chi connectivity index (χ4v) is 5.81. The van der Waals surface area contributed by atoms with E-state index in [9.17, 15) is 24.9 Å². The minimum absolute atomic E-state index is 0.0141. The smallest absolute Gasteiger partial charge is 0.405 e. The number of aromatic hydroxyl groups is 1. The Bertz CT molecular complexity index is 1470. The van der Waals surface area contributed by atoms with Crippen molar-refractivity contribution in [1.82, 2.24) is 15.6 Å². The number of fused-ring (bicyclic) bond motifs is 1. The molecule has 0 spiro atoms. The fourth-order valence-electron chi connectivity index (χ4n) is 5.01. The summed E-state index contributed by atoms with van der Waals surface area (Å²) in [6.45, 7) is 1.83. The maximum Gasteiger partial charge on any atom is 0.405 e. The van der Waals surface area contributed by atoms with Crippen molar-refractivity contribution in [3.63, 3.8) is 0 Å². The van der Waals surface area contributed by atoms with Crippen molar-refractivity contribution in [1.29, 1.82) is 0 Å². The van der Waals surface area contributed by atoms with Crippen LogP contribution in [0, 0.1) is 0 Å². The molecule has 0 saturated carbocycles. The quantitative estimate of drug-likeness (QED) is 0.0814. The number of phenols is 1. The third kappa shape index (κ3) is 9.07. The first kappa shape index (κ1) is 31.1. The lowest BCUT2D eigenvalue weighted by Gasteiger charge is -2.17. The Morgan fingerprint density at radius 1 is 0.952 bits per heavy atom. The van der Waals surface area contributed by atoms with Crippen LogP contribution in [0.2, 0.25) is 0 Å². The number of phenolic OH excluding ortho intramolecular Hbond substituents is 1. The largest absolute Gasteiger partial charge is 0.506 e. The van der Waals surface area contributed by atoms with E-state index in [4.69, 9.17) is 4.74 Å². The van der Waals surface area contributed by atoms with Gasteiger partial charge in [-0.1, -0.05) is 56.4 Å². The summed E-state index contributed by atoms with van der Waals surface area (Å²) in [5, 5.41) is 38.4. The zero-order valence-electron chi connectivity index (χ0n) is 23.6. The number of pyridine rings is 1. The molecule has 9 nitrogen and oxygen atoms in total. The van der Waals surface area contributed by atoms with Gasteiger partial charge >= 0.3 is 6.09 Å². The van der Waals surface area contributed by atoms with E-state index in [2.05, 4.69) is 15.6 Å². The number of thiophene rings is 1. The molecule has 2 atom stereocenters. The first-order chi connectivity index (χ1) is 20.4. The van der Waals surface area contributed by atoms with E-state index < -0.39 is 18.2 Å². The number of rotatable bonds is 17. The molecule has 0 fully saturated rings. The van der Waals surface area contributed by atoms with E-state index in [-0.39, 0.29) is 11.3 Å². The van der Waals surface area contributed by atoms with Gasteiger partial charge in [0.15, 0.2) is 0 Å². The molecular formula is C32H39N3O6S. The third-order valence-electron chi connectivity index (χ3n) is 7.16. The second kappa shape index (κ2) is 16.0. The van der Waals surface area contributed by atoms with E-state index in [0.29, 0.717) is 29.6 Å². The SMILES string of the molecule is O=C(O)NC(c1cccc(OCCCCCCCCCNC[C@H](O)c2ccc(O)c3[nH]c(=O)ccc23)c1)c1cccs1. The average Bonchev–Trinajstić information content (AvgIpc) is 3.52. The van der Waals surface area contributed by atoms with Crippen LogP contribution in [0.5, 0.6) is 11.5 Å². The van der Waals surface area contributed by atoms with Crippen molar-refractivity contribution < 1.29 is 24.9 Å². The Morgan fingerprint density at radius 3 is 2.50 bits per heavy atom. The van der Waals surface area contributed by atoms with Crippen molar-refractivity contribution in [3.05, 3.63) is 92.4 Å². The van der Waals surface area contributed by atoms with Gasteiger partial charge in [0.2, 0.25) is 5.56 Å². The molecule has 6 N–H and O–H groups in total. The van der Waals surface area contributed by atoms with Gasteiger partial charge in [0.1, 0.15) is 11.5 Å². The molecule has 1 amide bonds. The number of aromatic nitrogens is 1. The predicted octanol–water partition coefficient (Wildman–Crippen LogP) is 6.08. The van der Waals surface area contributed by atoms with E-state index in [1.54, 1.807) is 12.1 Å². The second-order valence-corrected chi connectivity index (χ2v) is 11.3. The van der Waals surface area contributed by atoms with Gasteiger partial charge in [-0.15, -0.1) is 11.3 Å². The van der Waals surface area contributed by atoms with Crippen LogP contribution in [-0.4, -0.2) is 46.1 Å². The topological polar surface area (TPSA) is 144 Å². The number of benzene rings is 2. The number of aliphatic hydroxyl groups excluding tert-OH is 1. The number of amides is 1. The van der Waals surface area contributed by atoms with Crippen LogP contribution in [0.4, 0.5) is 4.79 Å². The lowest BCUT2D eigenvalue weighted by atomic mass is 10.0. The van der Waals surface area contributed by atoms with Gasteiger partial charge in [-0.25, -0.2) is 4.79 Å². The zero-order chi connectivity index (χ0) is 29.7. The number of carboxylic acid groups (broad SMARTS) is 1. The molecule has 10 heteroatoms. The van der Waals surface area contributed by atoms with E-state index in [0.717, 1.165) is 61.3 Å². The maximum atomic E-state index is 11.6. The minimum atomic E-state index is -1.06. The Balaban J connectivity index is 1.06. The lowest BCUT2D eigenvalue weighted by molar-refractivity contribution is 0.176. The lowest BCUT2D eigenvalue weighted by Crippen LogP contribution is -2.26. The van der Waals surface area contributed by atoms with Crippen LogP contribution in [0.3, 0.4) is 0 Å². The molecule has 0 saturated heterocycles. The maximum absolute atomic E-state index is 11.6. The summed E-state index contributed by atoms with van der Waals surface area (Å²) < 4.78 is 5.95. The summed E-state index contributed by atoms with van der Waals surface area (Å²) in [5.74, 6) is 0.729. The molecule has 224 valence electrons. The van der Waals surface area contributed by atoms with Crippen molar-refractivity contribution >= 4 is 28.3 Å². The van der Waals surface area contributed by atoms with Crippen LogP contribution in [0.1, 0.15) is 73.1 Å². The van der Waals surface area contributed by atoms with Gasteiger partial charge in [0.05, 0.1) is 24.3 Å². The van der Waals surface area contributed by atoms with Crippen molar-refractivity contribution in [3.8, 4) is 11.5 Å². The van der Waals surface area contributed by atoms with Gasteiger partial charge in [0.25, 0.3) is 0 Å². The van der Waals surface area contributed by atoms with Crippen LogP contribution < -0.4 is 20.9 Å². The summed E-state index contributed by atoms with van der Waals surface area (Å²) in [5.41, 5.74) is 1.57. The van der Waals surface area contributed by atoms with E-state index >= 15 is 0 Å². The molecular weight excluding hydrogens is 554 g/mol. The standard InChI is InChI=1S/C32H39N3O6S/c36-26-15-13-24(25-14-16-29(38)34-31(25)26)27(37)21-33-17-6-4-2-1-3-5-7-18-41-23-11-8-10-22(20-23)30(35-32(39)40)28-12-9-19-42-28/h8-16,19-20,27,30,33,35-37H,1-7,17-18,21H2,(H,34,38)(H,39,40)/t27-,30?/m0/s1. The highest BCUT2D eigenvalue weighted by Gasteiger charge is 2.18. The predicted molar refractivity (Wildman–Crippen MR) is 166 cm³/mol. The number of H-pyrrole nitrogens is 1. The summed E-state index contributed by atoms with van der Waals surface area (Å²) in [6.07, 6.45) is 5.86. The van der Waals surface area contributed by atoms with Gasteiger partial charge < -0.3 is 35.7 Å². The van der Waals surface area contributed by atoms with Gasteiger partial charge in [-0.2, -0.15) is 0 Å². The molecule has 42 heavy (non-hydrogen) atoms. The number of hydrogen-bond acceptors (Lipinski definition) is 7. The normalized spacial score (nSPS) is 12.7. The number of carbonyl (C=O) groups is 1. The molecule has 1 unspecified atom stereocenters. The molecule has 0 aliphatic heterocycles. The number of nitrogens with one attached hydrogen (secondary N) is 3. The van der Waals surface area contributed by atoms with Gasteiger partial charge in [-0.05, 0) is 66.2 Å². The highest BCUT2D eigenvalue weighted by Crippen LogP contribution is 2.29. The Morgan fingerprint density at radius 2 is 1.74 bits per heavy atom. The number of unbranched alkanes of at least 4 members (excludes halogenated alkanes) is 6. The minimum Gasteiger partial charge on any atom is -0.506 e.